The molecular weight excluding hydrogens is 260 g/mol. The van der Waals surface area contributed by atoms with Crippen LogP contribution in [0.4, 0.5) is 4.79 Å². The number of hydrogen-bond acceptors (Lipinski definition) is 4. The van der Waals surface area contributed by atoms with Gasteiger partial charge in [0.25, 0.3) is 0 Å². The first kappa shape index (κ1) is 13.4. The Labute approximate surface area is 117 Å². The molecule has 3 aliphatic rings. The number of carbonyl (C=O) groups is 3. The SMILES string of the molecule is NC1[C@@H]2CC[C@H]1CN(C(=O)[C@@H]1CCC(=O)NC(=O)N1)C2. The first-order valence-electron chi connectivity index (χ1n) is 7.19. The van der Waals surface area contributed by atoms with E-state index >= 15 is 0 Å². The molecule has 0 aromatic rings. The smallest absolute Gasteiger partial charge is 0.322 e. The zero-order chi connectivity index (χ0) is 14.3. The molecule has 2 heterocycles. The van der Waals surface area contributed by atoms with Crippen molar-refractivity contribution in [2.45, 2.75) is 37.8 Å². The van der Waals surface area contributed by atoms with Crippen LogP contribution in [-0.2, 0) is 9.59 Å². The van der Waals surface area contributed by atoms with Gasteiger partial charge in [0.05, 0.1) is 0 Å². The monoisotopic (exact) mass is 280 g/mol. The average Bonchev–Trinajstić information content (AvgIpc) is 2.61. The predicted octanol–water partition coefficient (Wildman–Crippen LogP) is -0.830. The van der Waals surface area contributed by atoms with Gasteiger partial charge in [-0.25, -0.2) is 4.79 Å². The molecule has 0 radical (unpaired) electrons. The molecule has 4 amide bonds. The first-order valence-corrected chi connectivity index (χ1v) is 7.19. The normalized spacial score (nSPS) is 37.1. The van der Waals surface area contributed by atoms with Crippen LogP contribution in [0.3, 0.4) is 0 Å². The number of hydrogen-bond donors (Lipinski definition) is 3. The Balaban J connectivity index is 1.67. The number of fused-ring (bicyclic) bond motifs is 2. The Morgan fingerprint density at radius 1 is 1.15 bits per heavy atom. The van der Waals surface area contributed by atoms with Crippen LogP contribution in [0.25, 0.3) is 0 Å². The van der Waals surface area contributed by atoms with E-state index in [1.807, 2.05) is 4.90 Å². The van der Waals surface area contributed by atoms with Gasteiger partial charge in [0.2, 0.25) is 11.8 Å². The number of imide groups is 1. The molecule has 0 spiro atoms. The molecule has 20 heavy (non-hydrogen) atoms. The number of likely N-dealkylation sites (tertiary alicyclic amines) is 1. The third-order valence-electron chi connectivity index (χ3n) is 4.73. The molecule has 4 N–H and O–H groups in total. The highest BCUT2D eigenvalue weighted by molar-refractivity contribution is 5.98. The summed E-state index contributed by atoms with van der Waals surface area (Å²) in [6, 6.07) is -0.983. The average molecular weight is 280 g/mol. The molecule has 7 heteroatoms. The summed E-state index contributed by atoms with van der Waals surface area (Å²) in [5, 5.41) is 4.76. The zero-order valence-corrected chi connectivity index (χ0v) is 11.3. The molecule has 2 bridgehead atoms. The van der Waals surface area contributed by atoms with Crippen LogP contribution in [0, 0.1) is 11.8 Å². The van der Waals surface area contributed by atoms with E-state index in [1.165, 1.54) is 0 Å². The van der Waals surface area contributed by atoms with E-state index in [0.717, 1.165) is 12.8 Å². The van der Waals surface area contributed by atoms with Gasteiger partial charge in [0.15, 0.2) is 0 Å². The van der Waals surface area contributed by atoms with Crippen LogP contribution < -0.4 is 16.4 Å². The minimum absolute atomic E-state index is 0.0846. The molecule has 1 saturated carbocycles. The van der Waals surface area contributed by atoms with Crippen molar-refractivity contribution in [3.63, 3.8) is 0 Å². The van der Waals surface area contributed by atoms with Crippen molar-refractivity contribution in [1.82, 2.24) is 15.5 Å². The lowest BCUT2D eigenvalue weighted by atomic mass is 9.92. The third kappa shape index (κ3) is 2.37. The maximum atomic E-state index is 12.5. The lowest BCUT2D eigenvalue weighted by Gasteiger charge is -2.37. The fourth-order valence-electron chi connectivity index (χ4n) is 3.58. The molecule has 3 fully saturated rings. The van der Waals surface area contributed by atoms with Crippen molar-refractivity contribution >= 4 is 17.8 Å². The first-order chi connectivity index (χ1) is 9.54. The summed E-state index contributed by atoms with van der Waals surface area (Å²) in [5.41, 5.74) is 6.13. The van der Waals surface area contributed by atoms with Gasteiger partial charge in [-0.1, -0.05) is 0 Å². The number of amides is 4. The molecule has 1 aliphatic carbocycles. The summed E-state index contributed by atoms with van der Waals surface area (Å²) in [5.74, 6) is 0.329. The van der Waals surface area contributed by atoms with E-state index in [9.17, 15) is 14.4 Å². The molecule has 0 aromatic carbocycles. The highest BCUT2D eigenvalue weighted by atomic mass is 16.2. The zero-order valence-electron chi connectivity index (χ0n) is 11.3. The highest BCUT2D eigenvalue weighted by Crippen LogP contribution is 2.35. The van der Waals surface area contributed by atoms with Crippen LogP contribution in [0.2, 0.25) is 0 Å². The maximum absolute atomic E-state index is 12.5. The van der Waals surface area contributed by atoms with Crippen molar-refractivity contribution in [2.24, 2.45) is 17.6 Å². The Morgan fingerprint density at radius 2 is 1.80 bits per heavy atom. The summed E-state index contributed by atoms with van der Waals surface area (Å²) in [7, 11) is 0. The molecule has 0 aromatic heterocycles. The number of piperidine rings is 1. The second-order valence-electron chi connectivity index (χ2n) is 6.03. The van der Waals surface area contributed by atoms with Crippen molar-refractivity contribution in [1.29, 1.82) is 0 Å². The fourth-order valence-corrected chi connectivity index (χ4v) is 3.58. The fraction of sp³-hybridized carbons (Fsp3) is 0.769. The molecule has 1 unspecified atom stereocenters. The number of urea groups is 1. The van der Waals surface area contributed by atoms with Gasteiger partial charge >= 0.3 is 6.03 Å². The van der Waals surface area contributed by atoms with E-state index in [4.69, 9.17) is 5.73 Å². The quantitative estimate of drug-likeness (QED) is 0.583. The summed E-state index contributed by atoms with van der Waals surface area (Å²) >= 11 is 0. The van der Waals surface area contributed by atoms with Gasteiger partial charge < -0.3 is 16.0 Å². The van der Waals surface area contributed by atoms with Gasteiger partial charge in [-0.05, 0) is 31.1 Å². The molecular formula is C13H20N4O3. The second kappa shape index (κ2) is 5.05. The summed E-state index contributed by atoms with van der Waals surface area (Å²) in [6.45, 7) is 1.34. The highest BCUT2D eigenvalue weighted by Gasteiger charge is 2.42. The van der Waals surface area contributed by atoms with Crippen LogP contribution in [0.15, 0.2) is 0 Å². The van der Waals surface area contributed by atoms with E-state index < -0.39 is 12.1 Å². The number of rotatable bonds is 1. The van der Waals surface area contributed by atoms with Gasteiger partial charge in [-0.15, -0.1) is 0 Å². The lowest BCUT2D eigenvalue weighted by Crippen LogP contribution is -2.56. The van der Waals surface area contributed by atoms with Crippen LogP contribution in [0.5, 0.6) is 0 Å². The number of nitrogens with one attached hydrogen (secondary N) is 2. The number of nitrogens with zero attached hydrogens (tertiary/aromatic N) is 1. The Hall–Kier alpha value is -1.63. The molecule has 7 nitrogen and oxygen atoms in total. The van der Waals surface area contributed by atoms with Gasteiger partial charge in [-0.2, -0.15) is 0 Å². The van der Waals surface area contributed by atoms with Gasteiger partial charge in [0, 0.05) is 25.6 Å². The predicted molar refractivity (Wildman–Crippen MR) is 70.5 cm³/mol. The maximum Gasteiger partial charge on any atom is 0.322 e. The minimum Gasteiger partial charge on any atom is -0.340 e. The van der Waals surface area contributed by atoms with Crippen LogP contribution in [0.1, 0.15) is 25.7 Å². The summed E-state index contributed by atoms with van der Waals surface area (Å²) in [6.07, 6.45) is 2.70. The summed E-state index contributed by atoms with van der Waals surface area (Å²) in [4.78, 5) is 37.1. The molecule has 2 saturated heterocycles. The third-order valence-corrected chi connectivity index (χ3v) is 4.73. The van der Waals surface area contributed by atoms with Gasteiger partial charge in [0.1, 0.15) is 6.04 Å². The number of carbonyl (C=O) groups excluding carboxylic acids is 3. The largest absolute Gasteiger partial charge is 0.340 e. The van der Waals surface area contributed by atoms with Gasteiger partial charge in [-0.3, -0.25) is 14.9 Å². The molecule has 110 valence electrons. The van der Waals surface area contributed by atoms with Crippen LogP contribution in [-0.4, -0.2) is 47.9 Å². The van der Waals surface area contributed by atoms with Crippen molar-refractivity contribution in [3.05, 3.63) is 0 Å². The van der Waals surface area contributed by atoms with Crippen LogP contribution >= 0.6 is 0 Å². The van der Waals surface area contributed by atoms with E-state index in [0.29, 0.717) is 31.3 Å². The number of nitrogens with two attached hydrogens (primary N) is 1. The molecule has 2 aliphatic heterocycles. The minimum atomic E-state index is -0.602. The summed E-state index contributed by atoms with van der Waals surface area (Å²) < 4.78 is 0. The van der Waals surface area contributed by atoms with Crippen molar-refractivity contribution < 1.29 is 14.4 Å². The van der Waals surface area contributed by atoms with Crippen molar-refractivity contribution in [3.8, 4) is 0 Å². The molecule has 4 atom stereocenters. The Bertz CT molecular complexity index is 439. The second-order valence-corrected chi connectivity index (χ2v) is 6.03. The standard InChI is InChI=1S/C13H20N4O3/c14-11-7-1-2-8(11)6-17(5-7)12(19)9-3-4-10(18)16-13(20)15-9/h7-9,11H,1-6,14H2,(H2,15,16,18,20)/t7-,8+,9-,11?/m0/s1. The lowest BCUT2D eigenvalue weighted by molar-refractivity contribution is -0.135. The topological polar surface area (TPSA) is 105 Å². The van der Waals surface area contributed by atoms with E-state index in [1.54, 1.807) is 0 Å². The van der Waals surface area contributed by atoms with Crippen molar-refractivity contribution in [2.75, 3.05) is 13.1 Å². The van der Waals surface area contributed by atoms with E-state index in [2.05, 4.69) is 10.6 Å². The van der Waals surface area contributed by atoms with E-state index in [-0.39, 0.29) is 24.3 Å². The molecule has 3 rings (SSSR count). The Kier molecular flexibility index (Phi) is 3.37. The Morgan fingerprint density at radius 3 is 2.45 bits per heavy atom.